The van der Waals surface area contributed by atoms with E-state index in [2.05, 4.69) is 11.9 Å². The first-order valence-electron chi connectivity index (χ1n) is 5.16. The molecule has 1 aliphatic rings. The van der Waals surface area contributed by atoms with E-state index in [4.69, 9.17) is 11.6 Å². The molecule has 2 rings (SSSR count). The number of rotatable bonds is 2. The minimum absolute atomic E-state index is 0.199. The predicted octanol–water partition coefficient (Wildman–Crippen LogP) is 2.81. The van der Waals surface area contributed by atoms with Gasteiger partial charge in [-0.25, -0.2) is 9.37 Å². The molecule has 15 heavy (non-hydrogen) atoms. The number of aromatic nitrogens is 1. The average Bonchev–Trinajstić information content (AvgIpc) is 2.65. The van der Waals surface area contributed by atoms with Crippen LogP contribution in [0.3, 0.4) is 0 Å². The number of anilines is 1. The van der Waals surface area contributed by atoms with Gasteiger partial charge in [0.05, 0.1) is 5.88 Å². The van der Waals surface area contributed by atoms with Crippen molar-refractivity contribution in [3.8, 4) is 0 Å². The largest absolute Gasteiger partial charge is 0.354 e. The summed E-state index contributed by atoms with van der Waals surface area (Å²) in [6.07, 6.45) is 2.73. The third-order valence-electron chi connectivity index (χ3n) is 2.82. The van der Waals surface area contributed by atoms with Gasteiger partial charge in [-0.15, -0.1) is 11.6 Å². The molecule has 4 heteroatoms. The molecule has 0 amide bonds. The molecule has 2 nitrogen and oxygen atoms in total. The van der Waals surface area contributed by atoms with Crippen LogP contribution in [0.1, 0.15) is 18.9 Å². The molecule has 0 saturated carbocycles. The van der Waals surface area contributed by atoms with Crippen molar-refractivity contribution in [2.75, 3.05) is 18.0 Å². The molecule has 1 aromatic heterocycles. The summed E-state index contributed by atoms with van der Waals surface area (Å²) >= 11 is 5.65. The fraction of sp³-hybridized carbons (Fsp3) is 0.545. The van der Waals surface area contributed by atoms with Crippen molar-refractivity contribution in [1.82, 2.24) is 4.98 Å². The van der Waals surface area contributed by atoms with E-state index in [1.54, 1.807) is 12.3 Å². The van der Waals surface area contributed by atoms with Gasteiger partial charge in [0.25, 0.3) is 0 Å². The lowest BCUT2D eigenvalue weighted by Crippen LogP contribution is -2.22. The zero-order chi connectivity index (χ0) is 10.8. The Hall–Kier alpha value is -0.830. The summed E-state index contributed by atoms with van der Waals surface area (Å²) in [5.74, 6) is 1.01. The summed E-state index contributed by atoms with van der Waals surface area (Å²) in [7, 11) is 0. The number of nitrogens with zero attached hydrogens (tertiary/aromatic N) is 2. The first-order valence-corrected chi connectivity index (χ1v) is 5.70. The van der Waals surface area contributed by atoms with Crippen LogP contribution in [0.2, 0.25) is 0 Å². The molecular weight excluding hydrogens is 215 g/mol. The maximum Gasteiger partial charge on any atom is 0.170 e. The van der Waals surface area contributed by atoms with Gasteiger partial charge in [-0.2, -0.15) is 0 Å². The Morgan fingerprint density at radius 3 is 3.07 bits per heavy atom. The number of alkyl halides is 1. The lowest BCUT2D eigenvalue weighted by molar-refractivity contribution is 0.602. The van der Waals surface area contributed by atoms with Gasteiger partial charge >= 0.3 is 0 Å². The Bertz CT molecular complexity index is 356. The van der Waals surface area contributed by atoms with Crippen molar-refractivity contribution >= 4 is 17.4 Å². The highest BCUT2D eigenvalue weighted by atomic mass is 35.5. The van der Waals surface area contributed by atoms with Crippen LogP contribution in [-0.2, 0) is 5.88 Å². The molecule has 0 bridgehead atoms. The molecule has 1 aromatic rings. The molecule has 1 atom stereocenters. The van der Waals surface area contributed by atoms with Crippen LogP contribution < -0.4 is 4.90 Å². The van der Waals surface area contributed by atoms with E-state index in [0.717, 1.165) is 19.5 Å². The molecule has 0 N–H and O–H groups in total. The smallest absolute Gasteiger partial charge is 0.170 e. The number of halogens is 2. The minimum Gasteiger partial charge on any atom is -0.354 e. The van der Waals surface area contributed by atoms with Gasteiger partial charge in [-0.05, 0) is 18.4 Å². The van der Waals surface area contributed by atoms with E-state index in [0.29, 0.717) is 17.3 Å². The van der Waals surface area contributed by atoms with Crippen LogP contribution in [0, 0.1) is 11.7 Å². The van der Waals surface area contributed by atoms with Gasteiger partial charge in [0.2, 0.25) is 0 Å². The van der Waals surface area contributed by atoms with Crippen molar-refractivity contribution in [2.24, 2.45) is 5.92 Å². The molecule has 0 spiro atoms. The normalized spacial score (nSPS) is 21.0. The van der Waals surface area contributed by atoms with Crippen molar-refractivity contribution in [1.29, 1.82) is 0 Å². The second-order valence-electron chi connectivity index (χ2n) is 4.08. The van der Waals surface area contributed by atoms with Gasteiger partial charge in [0.1, 0.15) is 0 Å². The van der Waals surface area contributed by atoms with Gasteiger partial charge in [0, 0.05) is 24.8 Å². The molecule has 1 aliphatic heterocycles. The maximum atomic E-state index is 13.9. The zero-order valence-corrected chi connectivity index (χ0v) is 9.47. The summed E-state index contributed by atoms with van der Waals surface area (Å²) in [5, 5.41) is 0. The van der Waals surface area contributed by atoms with Crippen LogP contribution in [0.5, 0.6) is 0 Å². The lowest BCUT2D eigenvalue weighted by atomic mass is 10.2. The van der Waals surface area contributed by atoms with Crippen LogP contribution >= 0.6 is 11.6 Å². The summed E-state index contributed by atoms with van der Waals surface area (Å²) in [6.45, 7) is 3.94. The summed E-state index contributed by atoms with van der Waals surface area (Å²) in [6, 6.07) is 1.63. The van der Waals surface area contributed by atoms with E-state index in [1.165, 1.54) is 0 Å². The zero-order valence-electron chi connectivity index (χ0n) is 8.71. The standard InChI is InChI=1S/C11H14ClFN2/c1-8-3-5-15(7-8)11-10(13)9(6-12)2-4-14-11/h2,4,8H,3,5-7H2,1H3. The molecule has 0 aromatic carbocycles. The van der Waals surface area contributed by atoms with E-state index in [9.17, 15) is 4.39 Å². The predicted molar refractivity (Wildman–Crippen MR) is 59.7 cm³/mol. The Kier molecular flexibility index (Phi) is 3.10. The number of pyridine rings is 1. The van der Waals surface area contributed by atoms with E-state index < -0.39 is 0 Å². The maximum absolute atomic E-state index is 13.9. The molecule has 0 radical (unpaired) electrons. The van der Waals surface area contributed by atoms with E-state index >= 15 is 0 Å². The van der Waals surface area contributed by atoms with Gasteiger partial charge in [0.15, 0.2) is 11.6 Å². The van der Waals surface area contributed by atoms with Crippen molar-refractivity contribution in [3.63, 3.8) is 0 Å². The minimum atomic E-state index is -0.262. The highest BCUT2D eigenvalue weighted by Gasteiger charge is 2.23. The quantitative estimate of drug-likeness (QED) is 0.724. The van der Waals surface area contributed by atoms with E-state index in [-0.39, 0.29) is 11.7 Å². The SMILES string of the molecule is CC1CCN(c2nccc(CCl)c2F)C1. The molecule has 1 fully saturated rings. The summed E-state index contributed by atoms with van der Waals surface area (Å²) in [5.41, 5.74) is 0.529. The molecular formula is C11H14ClFN2. The number of hydrogen-bond acceptors (Lipinski definition) is 2. The summed E-state index contributed by atoms with van der Waals surface area (Å²) in [4.78, 5) is 6.09. The molecule has 1 saturated heterocycles. The topological polar surface area (TPSA) is 16.1 Å². The average molecular weight is 229 g/mol. The molecule has 0 aliphatic carbocycles. The first kappa shape index (κ1) is 10.7. The van der Waals surface area contributed by atoms with Crippen molar-refractivity contribution in [3.05, 3.63) is 23.6 Å². The highest BCUT2D eigenvalue weighted by Crippen LogP contribution is 2.26. The fourth-order valence-electron chi connectivity index (χ4n) is 1.92. The Morgan fingerprint density at radius 2 is 2.47 bits per heavy atom. The van der Waals surface area contributed by atoms with Crippen molar-refractivity contribution < 1.29 is 4.39 Å². The van der Waals surface area contributed by atoms with Gasteiger partial charge < -0.3 is 4.90 Å². The van der Waals surface area contributed by atoms with Gasteiger partial charge in [-0.1, -0.05) is 6.92 Å². The van der Waals surface area contributed by atoms with Crippen LogP contribution in [0.25, 0.3) is 0 Å². The second kappa shape index (κ2) is 4.35. The monoisotopic (exact) mass is 228 g/mol. The third kappa shape index (κ3) is 2.07. The van der Waals surface area contributed by atoms with Crippen LogP contribution in [-0.4, -0.2) is 18.1 Å². The lowest BCUT2D eigenvalue weighted by Gasteiger charge is -2.18. The third-order valence-corrected chi connectivity index (χ3v) is 3.11. The fourth-order valence-corrected chi connectivity index (χ4v) is 2.13. The Morgan fingerprint density at radius 1 is 1.67 bits per heavy atom. The summed E-state index contributed by atoms with van der Waals surface area (Å²) < 4.78 is 13.9. The molecule has 1 unspecified atom stereocenters. The highest BCUT2D eigenvalue weighted by molar-refractivity contribution is 6.17. The Labute approximate surface area is 94.1 Å². The van der Waals surface area contributed by atoms with Crippen LogP contribution in [0.4, 0.5) is 10.2 Å². The van der Waals surface area contributed by atoms with Gasteiger partial charge in [-0.3, -0.25) is 0 Å². The Balaban J connectivity index is 2.28. The van der Waals surface area contributed by atoms with Crippen molar-refractivity contribution in [2.45, 2.75) is 19.2 Å². The molecule has 82 valence electrons. The first-order chi connectivity index (χ1) is 7.22. The second-order valence-corrected chi connectivity index (χ2v) is 4.35. The van der Waals surface area contributed by atoms with E-state index in [1.807, 2.05) is 4.90 Å². The van der Waals surface area contributed by atoms with Crippen LogP contribution in [0.15, 0.2) is 12.3 Å². The number of hydrogen-bond donors (Lipinski definition) is 0. The molecule has 2 heterocycles.